The van der Waals surface area contributed by atoms with E-state index in [4.69, 9.17) is 0 Å². The first kappa shape index (κ1) is 6.10. The van der Waals surface area contributed by atoms with Crippen molar-refractivity contribution in [3.8, 4) is 0 Å². The van der Waals surface area contributed by atoms with E-state index in [-0.39, 0.29) is 0 Å². The topological polar surface area (TPSA) is 3.24 Å². The Bertz CT molecular complexity index is 205. The van der Waals surface area contributed by atoms with Crippen molar-refractivity contribution in [3.05, 3.63) is 12.3 Å². The Morgan fingerprint density at radius 3 is 2.82 bits per heavy atom. The maximum Gasteiger partial charge on any atom is 0.0209 e. The molecule has 2 unspecified atom stereocenters. The van der Waals surface area contributed by atoms with E-state index in [1.165, 1.54) is 38.0 Å². The summed E-state index contributed by atoms with van der Waals surface area (Å²) in [7, 11) is 0. The van der Waals surface area contributed by atoms with Gasteiger partial charge in [0.15, 0.2) is 0 Å². The summed E-state index contributed by atoms with van der Waals surface area (Å²) >= 11 is 0. The molecule has 0 amide bonds. The molecule has 0 bridgehead atoms. The zero-order valence-corrected chi connectivity index (χ0v) is 6.92. The fourth-order valence-electron chi connectivity index (χ4n) is 2.30. The number of hydrogen-bond acceptors (Lipinski definition) is 1. The van der Waals surface area contributed by atoms with Gasteiger partial charge in [-0.15, -0.1) is 0 Å². The lowest BCUT2D eigenvalue weighted by atomic mass is 10.3. The molecule has 1 heteroatoms. The minimum atomic E-state index is 0.911. The molecule has 0 N–H and O–H groups in total. The summed E-state index contributed by atoms with van der Waals surface area (Å²) < 4.78 is 0. The highest BCUT2D eigenvalue weighted by molar-refractivity contribution is 5.18. The van der Waals surface area contributed by atoms with Gasteiger partial charge in [-0.25, -0.2) is 0 Å². The van der Waals surface area contributed by atoms with Crippen molar-refractivity contribution in [2.45, 2.75) is 19.3 Å². The van der Waals surface area contributed by atoms with Crippen molar-refractivity contribution in [2.24, 2.45) is 17.8 Å². The van der Waals surface area contributed by atoms with Crippen LogP contribution in [0.3, 0.4) is 0 Å². The average molecular weight is 149 g/mol. The number of hydrogen-bond donors (Lipinski definition) is 0. The lowest BCUT2D eigenvalue weighted by Gasteiger charge is -2.21. The largest absolute Gasteiger partial charge is 0.374 e. The number of nitrogens with zero attached hydrogens (tertiary/aromatic N) is 1. The fourth-order valence-corrected chi connectivity index (χ4v) is 2.30. The van der Waals surface area contributed by atoms with Gasteiger partial charge < -0.3 is 4.90 Å². The summed E-state index contributed by atoms with van der Waals surface area (Å²) in [5.41, 5.74) is 1.46. The molecule has 0 aromatic rings. The summed E-state index contributed by atoms with van der Waals surface area (Å²) in [5.74, 6) is 2.96. The first-order valence-corrected chi connectivity index (χ1v) is 4.78. The lowest BCUT2D eigenvalue weighted by Crippen LogP contribution is -2.22. The Morgan fingerprint density at radius 2 is 2.27 bits per heavy atom. The molecule has 60 valence electrons. The molecular weight excluding hydrogens is 134 g/mol. The van der Waals surface area contributed by atoms with Crippen molar-refractivity contribution < 1.29 is 0 Å². The molecule has 2 atom stereocenters. The van der Waals surface area contributed by atoms with Crippen LogP contribution in [0.2, 0.25) is 0 Å². The van der Waals surface area contributed by atoms with Crippen LogP contribution < -0.4 is 0 Å². The Hall–Kier alpha value is -0.460. The Morgan fingerprint density at radius 1 is 1.45 bits per heavy atom. The molecule has 11 heavy (non-hydrogen) atoms. The van der Waals surface area contributed by atoms with E-state index in [1.54, 1.807) is 0 Å². The van der Waals surface area contributed by atoms with Crippen LogP contribution in [0.15, 0.2) is 12.3 Å². The van der Waals surface area contributed by atoms with Gasteiger partial charge in [-0.05, 0) is 31.1 Å². The van der Waals surface area contributed by atoms with E-state index in [0.717, 1.165) is 17.8 Å². The minimum absolute atomic E-state index is 0.911. The maximum atomic E-state index is 4.17. The first-order chi connectivity index (χ1) is 5.34. The fraction of sp³-hybridized carbons (Fsp3) is 0.800. The molecule has 0 aromatic heterocycles. The standard InChI is InChI=1S/C10H15N/c1-7-10-4-9(10)6-11(7)5-8-2-3-8/h8-10H,1-6H2. The molecule has 1 aliphatic heterocycles. The van der Waals surface area contributed by atoms with Crippen molar-refractivity contribution >= 4 is 0 Å². The van der Waals surface area contributed by atoms with Crippen molar-refractivity contribution in [2.75, 3.05) is 13.1 Å². The molecule has 1 saturated heterocycles. The third-order valence-electron chi connectivity index (χ3n) is 3.39. The SMILES string of the molecule is C=C1C2CC2CN1CC1CC1. The highest BCUT2D eigenvalue weighted by Crippen LogP contribution is 2.52. The molecule has 0 spiro atoms. The summed E-state index contributed by atoms with van der Waals surface area (Å²) in [6.07, 6.45) is 4.39. The third kappa shape index (κ3) is 0.901. The van der Waals surface area contributed by atoms with Crippen LogP contribution in [0.4, 0.5) is 0 Å². The monoisotopic (exact) mass is 149 g/mol. The minimum Gasteiger partial charge on any atom is -0.374 e. The molecule has 0 aromatic carbocycles. The Labute approximate surface area is 68.1 Å². The van der Waals surface area contributed by atoms with Crippen LogP contribution in [0.5, 0.6) is 0 Å². The van der Waals surface area contributed by atoms with E-state index < -0.39 is 0 Å². The predicted molar refractivity (Wildman–Crippen MR) is 45.0 cm³/mol. The van der Waals surface area contributed by atoms with E-state index in [9.17, 15) is 0 Å². The molecule has 2 saturated carbocycles. The highest BCUT2D eigenvalue weighted by atomic mass is 15.2. The number of likely N-dealkylation sites (tertiary alicyclic amines) is 1. The van der Waals surface area contributed by atoms with Crippen LogP contribution in [0.25, 0.3) is 0 Å². The molecular formula is C10H15N. The van der Waals surface area contributed by atoms with Gasteiger partial charge in [-0.1, -0.05) is 6.58 Å². The van der Waals surface area contributed by atoms with Crippen LogP contribution in [-0.2, 0) is 0 Å². The molecule has 0 radical (unpaired) electrons. The highest BCUT2D eigenvalue weighted by Gasteiger charge is 2.48. The van der Waals surface area contributed by atoms with Crippen molar-refractivity contribution in [1.82, 2.24) is 4.90 Å². The van der Waals surface area contributed by atoms with Crippen LogP contribution in [-0.4, -0.2) is 18.0 Å². The van der Waals surface area contributed by atoms with Gasteiger partial charge in [0.25, 0.3) is 0 Å². The normalized spacial score (nSPS) is 41.1. The van der Waals surface area contributed by atoms with Crippen LogP contribution >= 0.6 is 0 Å². The van der Waals surface area contributed by atoms with Crippen LogP contribution in [0.1, 0.15) is 19.3 Å². The molecule has 2 aliphatic carbocycles. The van der Waals surface area contributed by atoms with E-state index in [2.05, 4.69) is 11.5 Å². The van der Waals surface area contributed by atoms with Gasteiger partial charge in [-0.2, -0.15) is 0 Å². The number of fused-ring (bicyclic) bond motifs is 1. The molecule has 1 nitrogen and oxygen atoms in total. The second-order valence-electron chi connectivity index (χ2n) is 4.44. The molecule has 1 heterocycles. The van der Waals surface area contributed by atoms with Gasteiger partial charge in [0.05, 0.1) is 0 Å². The second kappa shape index (κ2) is 1.82. The first-order valence-electron chi connectivity index (χ1n) is 4.78. The van der Waals surface area contributed by atoms with Gasteiger partial charge >= 0.3 is 0 Å². The zero-order valence-electron chi connectivity index (χ0n) is 6.92. The average Bonchev–Trinajstić information content (AvgIpc) is 2.80. The Balaban J connectivity index is 1.65. The number of rotatable bonds is 2. The predicted octanol–water partition coefficient (Wildman–Crippen LogP) is 1.86. The van der Waals surface area contributed by atoms with E-state index in [0.29, 0.717) is 0 Å². The van der Waals surface area contributed by atoms with Gasteiger partial charge in [-0.3, -0.25) is 0 Å². The maximum absolute atomic E-state index is 4.17. The summed E-state index contributed by atoms with van der Waals surface area (Å²) in [4.78, 5) is 2.54. The second-order valence-corrected chi connectivity index (χ2v) is 4.44. The van der Waals surface area contributed by atoms with E-state index >= 15 is 0 Å². The van der Waals surface area contributed by atoms with Crippen molar-refractivity contribution in [3.63, 3.8) is 0 Å². The summed E-state index contributed by atoms with van der Waals surface area (Å²) in [5, 5.41) is 0. The van der Waals surface area contributed by atoms with E-state index in [1.807, 2.05) is 0 Å². The lowest BCUT2D eigenvalue weighted by molar-refractivity contribution is 0.347. The van der Waals surface area contributed by atoms with Crippen molar-refractivity contribution in [1.29, 1.82) is 0 Å². The molecule has 3 fully saturated rings. The smallest absolute Gasteiger partial charge is 0.0209 e. The quantitative estimate of drug-likeness (QED) is 0.579. The molecule has 3 rings (SSSR count). The van der Waals surface area contributed by atoms with Gasteiger partial charge in [0.1, 0.15) is 0 Å². The van der Waals surface area contributed by atoms with Crippen LogP contribution in [0, 0.1) is 17.8 Å². The van der Waals surface area contributed by atoms with Gasteiger partial charge in [0, 0.05) is 24.7 Å². The molecule has 3 aliphatic rings. The van der Waals surface area contributed by atoms with Gasteiger partial charge in [0.2, 0.25) is 0 Å². The number of allylic oxidation sites excluding steroid dienone is 1. The summed E-state index contributed by atoms with van der Waals surface area (Å²) in [6.45, 7) is 6.82. The zero-order chi connectivity index (χ0) is 7.42. The summed E-state index contributed by atoms with van der Waals surface area (Å²) in [6, 6.07) is 0. The third-order valence-corrected chi connectivity index (χ3v) is 3.39. The number of piperidine rings is 1. The Kier molecular flexibility index (Phi) is 1.01.